The number of hydrogen-bond donors (Lipinski definition) is 2. The molecule has 1 atom stereocenters. The summed E-state index contributed by atoms with van der Waals surface area (Å²) >= 11 is 3.16. The molecule has 0 fully saturated rings. The Balaban J connectivity index is 3.07. The molecule has 1 rings (SSSR count). The third-order valence-electron chi connectivity index (χ3n) is 1.86. The van der Waals surface area contributed by atoms with Gasteiger partial charge in [0.25, 0.3) is 6.43 Å². The highest BCUT2D eigenvalue weighted by Crippen LogP contribution is 2.26. The lowest BCUT2D eigenvalue weighted by Crippen LogP contribution is -2.34. The quantitative estimate of drug-likeness (QED) is 0.642. The molecule has 3 N–H and O–H groups in total. The third-order valence-corrected chi connectivity index (χ3v) is 2.47. The number of nitrogens with one attached hydrogen (secondary N) is 1. The van der Waals surface area contributed by atoms with Gasteiger partial charge in [0.2, 0.25) is 0 Å². The Morgan fingerprint density at radius 2 is 2.36 bits per heavy atom. The van der Waals surface area contributed by atoms with Crippen molar-refractivity contribution in [2.24, 2.45) is 5.84 Å². The molecule has 14 heavy (non-hydrogen) atoms. The van der Waals surface area contributed by atoms with Crippen LogP contribution in [0.4, 0.5) is 8.78 Å². The van der Waals surface area contributed by atoms with Crippen LogP contribution >= 0.6 is 15.9 Å². The van der Waals surface area contributed by atoms with Crippen LogP contribution < -0.4 is 11.3 Å². The van der Waals surface area contributed by atoms with Crippen molar-refractivity contribution in [2.45, 2.75) is 25.9 Å². The Morgan fingerprint density at radius 1 is 1.71 bits per heavy atom. The predicted octanol–water partition coefficient (Wildman–Crippen LogP) is 1.44. The van der Waals surface area contributed by atoms with E-state index >= 15 is 0 Å². The number of hydrazine groups is 1. The molecule has 1 unspecified atom stereocenters. The van der Waals surface area contributed by atoms with Crippen LogP contribution in [0.2, 0.25) is 0 Å². The van der Waals surface area contributed by atoms with E-state index < -0.39 is 12.5 Å². The van der Waals surface area contributed by atoms with E-state index in [4.69, 9.17) is 5.84 Å². The van der Waals surface area contributed by atoms with Crippen molar-refractivity contribution >= 4 is 15.9 Å². The Kier molecular flexibility index (Phi) is 3.97. The van der Waals surface area contributed by atoms with Crippen LogP contribution in [-0.2, 0) is 6.54 Å². The molecule has 0 bridgehead atoms. The normalized spacial score (nSPS) is 13.6. The second-order valence-corrected chi connectivity index (χ2v) is 3.53. The number of halogens is 3. The lowest BCUT2D eigenvalue weighted by molar-refractivity contribution is 0.0941. The van der Waals surface area contributed by atoms with Crippen LogP contribution in [0.15, 0.2) is 10.7 Å². The first-order chi connectivity index (χ1) is 6.61. The topological polar surface area (TPSA) is 55.9 Å². The molecule has 1 aromatic rings. The summed E-state index contributed by atoms with van der Waals surface area (Å²) in [6.07, 6.45) is -1.09. The molecule has 0 amide bonds. The molecule has 0 saturated heterocycles. The summed E-state index contributed by atoms with van der Waals surface area (Å²) in [5, 5.41) is 3.93. The number of hydrogen-bond acceptors (Lipinski definition) is 3. The van der Waals surface area contributed by atoms with E-state index in [0.29, 0.717) is 16.7 Å². The second-order valence-electron chi connectivity index (χ2n) is 2.67. The van der Waals surface area contributed by atoms with Crippen LogP contribution in [0.3, 0.4) is 0 Å². The van der Waals surface area contributed by atoms with Crippen molar-refractivity contribution < 1.29 is 8.78 Å². The lowest BCUT2D eigenvalue weighted by atomic mass is 10.2. The van der Waals surface area contributed by atoms with Crippen molar-refractivity contribution in [3.8, 4) is 0 Å². The Morgan fingerprint density at radius 3 is 2.79 bits per heavy atom. The first kappa shape index (κ1) is 11.5. The largest absolute Gasteiger partial charge is 0.271 e. The number of aryl methyl sites for hydroxylation is 1. The van der Waals surface area contributed by atoms with Crippen LogP contribution in [0.5, 0.6) is 0 Å². The van der Waals surface area contributed by atoms with Crippen LogP contribution in [-0.4, -0.2) is 16.2 Å². The summed E-state index contributed by atoms with van der Waals surface area (Å²) < 4.78 is 27.1. The van der Waals surface area contributed by atoms with E-state index in [-0.39, 0.29) is 0 Å². The summed E-state index contributed by atoms with van der Waals surface area (Å²) in [4.78, 5) is 0. The van der Waals surface area contributed by atoms with E-state index in [1.807, 2.05) is 6.92 Å². The van der Waals surface area contributed by atoms with Gasteiger partial charge in [-0.1, -0.05) is 0 Å². The molecule has 1 heterocycles. The Bertz CT molecular complexity index is 302. The van der Waals surface area contributed by atoms with Gasteiger partial charge in [0.05, 0.1) is 16.4 Å². The zero-order chi connectivity index (χ0) is 10.7. The molecule has 80 valence electrons. The minimum absolute atomic E-state index is 0.366. The van der Waals surface area contributed by atoms with E-state index in [0.717, 1.165) is 0 Å². The molecule has 0 aliphatic heterocycles. The number of nitrogens with zero attached hydrogens (tertiary/aromatic N) is 2. The van der Waals surface area contributed by atoms with Crippen LogP contribution in [0, 0.1) is 0 Å². The second kappa shape index (κ2) is 4.81. The highest BCUT2D eigenvalue weighted by molar-refractivity contribution is 9.10. The van der Waals surface area contributed by atoms with E-state index in [2.05, 4.69) is 26.5 Å². The molecule has 0 aromatic carbocycles. The van der Waals surface area contributed by atoms with Gasteiger partial charge in [0.1, 0.15) is 6.04 Å². The average Bonchev–Trinajstić information content (AvgIpc) is 2.49. The van der Waals surface area contributed by atoms with Crippen LogP contribution in [0.1, 0.15) is 18.7 Å². The van der Waals surface area contributed by atoms with Gasteiger partial charge in [-0.15, -0.1) is 0 Å². The van der Waals surface area contributed by atoms with Gasteiger partial charge >= 0.3 is 0 Å². The summed E-state index contributed by atoms with van der Waals surface area (Å²) in [7, 11) is 0. The molecule has 0 aliphatic rings. The summed E-state index contributed by atoms with van der Waals surface area (Å²) in [5.74, 6) is 5.07. The van der Waals surface area contributed by atoms with Gasteiger partial charge in [-0.2, -0.15) is 5.10 Å². The summed E-state index contributed by atoms with van der Waals surface area (Å²) in [6.45, 7) is 2.34. The first-order valence-electron chi connectivity index (χ1n) is 4.07. The molecule has 0 radical (unpaired) electrons. The van der Waals surface area contributed by atoms with Gasteiger partial charge in [0.15, 0.2) is 0 Å². The maximum atomic E-state index is 12.6. The van der Waals surface area contributed by atoms with Gasteiger partial charge in [0, 0.05) is 6.54 Å². The fraction of sp³-hybridized carbons (Fsp3) is 0.571. The van der Waals surface area contributed by atoms with Gasteiger partial charge in [-0.05, 0) is 22.9 Å². The Hall–Kier alpha value is -0.530. The fourth-order valence-corrected chi connectivity index (χ4v) is 1.75. The molecule has 4 nitrogen and oxygen atoms in total. The maximum absolute atomic E-state index is 12.6. The Labute approximate surface area is 88.6 Å². The van der Waals surface area contributed by atoms with Crippen LogP contribution in [0.25, 0.3) is 0 Å². The highest BCUT2D eigenvalue weighted by Gasteiger charge is 2.26. The van der Waals surface area contributed by atoms with E-state index in [1.165, 1.54) is 10.9 Å². The number of nitrogens with two attached hydrogens (primary N) is 1. The lowest BCUT2D eigenvalue weighted by Gasteiger charge is -2.16. The monoisotopic (exact) mass is 268 g/mol. The molecule has 1 aromatic heterocycles. The van der Waals surface area contributed by atoms with Crippen molar-refractivity contribution in [1.29, 1.82) is 0 Å². The predicted molar refractivity (Wildman–Crippen MR) is 51.7 cm³/mol. The number of aromatic nitrogens is 2. The van der Waals surface area contributed by atoms with Gasteiger partial charge in [-0.3, -0.25) is 10.5 Å². The molecular weight excluding hydrogens is 258 g/mol. The van der Waals surface area contributed by atoms with E-state index in [1.54, 1.807) is 0 Å². The SMILES string of the molecule is CCn1ncc(Br)c1C(NN)C(F)F. The third kappa shape index (κ3) is 2.10. The van der Waals surface area contributed by atoms with E-state index in [9.17, 15) is 8.78 Å². The maximum Gasteiger partial charge on any atom is 0.260 e. The standard InChI is InChI=1S/C7H11BrF2N4/c1-2-14-6(4(8)3-12-14)5(13-11)7(9)10/h3,5,7,13H,2,11H2,1H3. The minimum Gasteiger partial charge on any atom is -0.271 e. The van der Waals surface area contributed by atoms with Gasteiger partial charge < -0.3 is 0 Å². The average molecular weight is 269 g/mol. The van der Waals surface area contributed by atoms with Gasteiger partial charge in [-0.25, -0.2) is 14.2 Å². The molecule has 0 saturated carbocycles. The first-order valence-corrected chi connectivity index (χ1v) is 4.86. The summed E-state index contributed by atoms with van der Waals surface area (Å²) in [6, 6.07) is -1.20. The zero-order valence-corrected chi connectivity index (χ0v) is 9.13. The molecular formula is C7H11BrF2N4. The number of rotatable bonds is 4. The van der Waals surface area contributed by atoms with Crippen molar-refractivity contribution in [1.82, 2.24) is 15.2 Å². The van der Waals surface area contributed by atoms with Crippen molar-refractivity contribution in [3.63, 3.8) is 0 Å². The zero-order valence-electron chi connectivity index (χ0n) is 7.54. The summed E-state index contributed by atoms with van der Waals surface area (Å²) in [5.41, 5.74) is 2.44. The van der Waals surface area contributed by atoms with Crippen molar-refractivity contribution in [3.05, 3.63) is 16.4 Å². The molecule has 0 spiro atoms. The number of alkyl halides is 2. The van der Waals surface area contributed by atoms with Crippen molar-refractivity contribution in [2.75, 3.05) is 0 Å². The molecule has 0 aliphatic carbocycles. The smallest absolute Gasteiger partial charge is 0.260 e. The fourth-order valence-electron chi connectivity index (χ4n) is 1.20. The minimum atomic E-state index is -2.57. The highest BCUT2D eigenvalue weighted by atomic mass is 79.9. The molecule has 7 heteroatoms.